The van der Waals surface area contributed by atoms with Crippen LogP contribution in [0.3, 0.4) is 0 Å². The summed E-state index contributed by atoms with van der Waals surface area (Å²) in [6, 6.07) is 7.23. The molecule has 1 fully saturated rings. The number of nitrogens with zero attached hydrogens (tertiary/aromatic N) is 4. The molecule has 7 nitrogen and oxygen atoms in total. The number of benzene rings is 1. The van der Waals surface area contributed by atoms with Crippen molar-refractivity contribution in [2.24, 2.45) is 5.92 Å². The predicted molar refractivity (Wildman–Crippen MR) is 141 cm³/mol. The van der Waals surface area contributed by atoms with Gasteiger partial charge in [0.2, 0.25) is 5.95 Å². The number of aromatic nitrogens is 3. The Morgan fingerprint density at radius 2 is 1.71 bits per heavy atom. The van der Waals surface area contributed by atoms with Crippen LogP contribution in [0.2, 0.25) is 0 Å². The lowest BCUT2D eigenvalue weighted by Gasteiger charge is -2.42. The Balaban J connectivity index is 1.40. The van der Waals surface area contributed by atoms with Crippen molar-refractivity contribution < 1.29 is 10.2 Å². The van der Waals surface area contributed by atoms with E-state index in [9.17, 15) is 5.11 Å². The van der Waals surface area contributed by atoms with Gasteiger partial charge in [0.15, 0.2) is 5.82 Å². The van der Waals surface area contributed by atoms with Gasteiger partial charge in [-0.1, -0.05) is 39.8 Å². The molecule has 1 atom stereocenters. The number of hydrogen-bond donors (Lipinski definition) is 3. The monoisotopic (exact) mass is 481 g/mol. The van der Waals surface area contributed by atoms with E-state index in [1.165, 1.54) is 24.0 Å². The highest BCUT2D eigenvalue weighted by Crippen LogP contribution is 2.46. The van der Waals surface area contributed by atoms with E-state index in [0.717, 1.165) is 56.2 Å². The lowest BCUT2D eigenvalue weighted by atomic mass is 9.63. The van der Waals surface area contributed by atoms with Gasteiger partial charge in [0.1, 0.15) is 6.33 Å². The van der Waals surface area contributed by atoms with Gasteiger partial charge < -0.3 is 20.4 Å². The topological polar surface area (TPSA) is 94.4 Å². The predicted octanol–water partition coefficient (Wildman–Crippen LogP) is 3.83. The van der Waals surface area contributed by atoms with E-state index in [0.29, 0.717) is 12.5 Å². The van der Waals surface area contributed by atoms with Crippen LogP contribution in [0.1, 0.15) is 77.3 Å². The largest absolute Gasteiger partial charge is 0.396 e. The minimum absolute atomic E-state index is 0.138. The molecule has 0 radical (unpaired) electrons. The summed E-state index contributed by atoms with van der Waals surface area (Å²) in [6.07, 6.45) is 7.66. The van der Waals surface area contributed by atoms with Crippen LogP contribution in [0.5, 0.6) is 0 Å². The number of aliphatic hydroxyl groups excluding tert-OH is 2. The zero-order valence-electron chi connectivity index (χ0n) is 21.9. The summed E-state index contributed by atoms with van der Waals surface area (Å²) in [7, 11) is 0. The lowest BCUT2D eigenvalue weighted by molar-refractivity contribution is 0.175. The lowest BCUT2D eigenvalue weighted by Crippen LogP contribution is -2.43. The molecule has 0 spiro atoms. The molecule has 0 amide bonds. The second kappa shape index (κ2) is 10.9. The van der Waals surface area contributed by atoms with Crippen molar-refractivity contribution in [2.75, 3.05) is 37.7 Å². The third-order valence-electron chi connectivity index (χ3n) is 8.23. The van der Waals surface area contributed by atoms with Crippen molar-refractivity contribution in [3.05, 3.63) is 35.7 Å². The van der Waals surface area contributed by atoms with Crippen LogP contribution in [-0.2, 0) is 10.8 Å². The first-order valence-electron chi connectivity index (χ1n) is 13.3. The number of nitrogens with one attached hydrogen (secondary N) is 1. The van der Waals surface area contributed by atoms with Crippen LogP contribution in [0, 0.1) is 5.92 Å². The summed E-state index contributed by atoms with van der Waals surface area (Å²) in [4.78, 5) is 16.2. The number of piperidine rings is 1. The fraction of sp³-hybridized carbons (Fsp3) is 0.679. The van der Waals surface area contributed by atoms with Gasteiger partial charge in [-0.15, -0.1) is 0 Å². The standard InChI is InChI=1S/C28H43N5O2/c1-27(2)11-12-28(3,4)24-17-21(5-6-23(24)27)25-30-19-31-26(32-25)33-14-8-22(9-15-33)29-13-7-20(18-35)10-16-34/h5-6,17,19-20,22,29,34-35H,7-16,18H2,1-4H3. The SMILES string of the molecule is CC1(C)CCC(C)(C)c2cc(-c3ncnc(N4CCC(NCCC(CO)CCO)CC4)n3)ccc21. The van der Waals surface area contributed by atoms with Crippen molar-refractivity contribution >= 4 is 5.95 Å². The first-order valence-corrected chi connectivity index (χ1v) is 13.3. The first-order chi connectivity index (χ1) is 16.7. The molecule has 7 heteroatoms. The summed E-state index contributed by atoms with van der Waals surface area (Å²) in [6.45, 7) is 12.4. The molecule has 2 aromatic rings. The molecule has 1 aromatic carbocycles. The normalized spacial score (nSPS) is 20.5. The quantitative estimate of drug-likeness (QED) is 0.501. The number of fused-ring (bicyclic) bond motifs is 1. The maximum atomic E-state index is 9.40. The van der Waals surface area contributed by atoms with E-state index in [1.54, 1.807) is 6.33 Å². The van der Waals surface area contributed by atoms with Crippen LogP contribution in [-0.4, -0.2) is 64.1 Å². The molecule has 2 heterocycles. The van der Waals surface area contributed by atoms with E-state index in [2.05, 4.69) is 66.1 Å². The maximum Gasteiger partial charge on any atom is 0.228 e. The molecule has 0 bridgehead atoms. The van der Waals surface area contributed by atoms with E-state index >= 15 is 0 Å². The Hall–Kier alpha value is -2.09. The molecular weight excluding hydrogens is 438 g/mol. The number of anilines is 1. The van der Waals surface area contributed by atoms with E-state index < -0.39 is 0 Å². The van der Waals surface area contributed by atoms with Crippen LogP contribution in [0.15, 0.2) is 24.5 Å². The first kappa shape index (κ1) is 26.0. The van der Waals surface area contributed by atoms with Crippen molar-refractivity contribution in [3.8, 4) is 11.4 Å². The highest BCUT2D eigenvalue weighted by Gasteiger charge is 2.37. The van der Waals surface area contributed by atoms with Gasteiger partial charge >= 0.3 is 0 Å². The number of rotatable bonds is 9. The molecule has 1 saturated heterocycles. The average molecular weight is 482 g/mol. The average Bonchev–Trinajstić information content (AvgIpc) is 2.86. The molecule has 1 unspecified atom stereocenters. The molecule has 0 saturated carbocycles. The van der Waals surface area contributed by atoms with Gasteiger partial charge in [-0.3, -0.25) is 0 Å². The van der Waals surface area contributed by atoms with Crippen LogP contribution < -0.4 is 10.2 Å². The highest BCUT2D eigenvalue weighted by molar-refractivity contribution is 5.61. The molecule has 3 N–H and O–H groups in total. The second-order valence-corrected chi connectivity index (χ2v) is 11.7. The van der Waals surface area contributed by atoms with Crippen LogP contribution in [0.4, 0.5) is 5.95 Å². The summed E-state index contributed by atoms with van der Waals surface area (Å²) < 4.78 is 0. The van der Waals surface area contributed by atoms with Gasteiger partial charge in [-0.2, -0.15) is 4.98 Å². The van der Waals surface area contributed by atoms with Crippen molar-refractivity contribution in [3.63, 3.8) is 0 Å². The van der Waals surface area contributed by atoms with Crippen molar-refractivity contribution in [1.82, 2.24) is 20.3 Å². The van der Waals surface area contributed by atoms with Gasteiger partial charge in [0, 0.05) is 37.9 Å². The minimum atomic E-state index is 0.138. The summed E-state index contributed by atoms with van der Waals surface area (Å²) >= 11 is 0. The van der Waals surface area contributed by atoms with E-state index in [1.807, 2.05) is 0 Å². The molecule has 35 heavy (non-hydrogen) atoms. The maximum absolute atomic E-state index is 9.40. The molecule has 1 aliphatic heterocycles. The molecule has 2 aliphatic rings. The second-order valence-electron chi connectivity index (χ2n) is 11.7. The Kier molecular flexibility index (Phi) is 8.09. The number of hydrogen-bond acceptors (Lipinski definition) is 7. The van der Waals surface area contributed by atoms with Gasteiger partial charge in [-0.25, -0.2) is 9.97 Å². The van der Waals surface area contributed by atoms with E-state index in [4.69, 9.17) is 10.1 Å². The fourth-order valence-corrected chi connectivity index (χ4v) is 5.59. The fourth-order valence-electron chi connectivity index (χ4n) is 5.59. The van der Waals surface area contributed by atoms with Crippen molar-refractivity contribution in [1.29, 1.82) is 0 Å². The zero-order chi connectivity index (χ0) is 25.1. The Morgan fingerprint density at radius 3 is 2.40 bits per heavy atom. The minimum Gasteiger partial charge on any atom is -0.396 e. The Labute approximate surface area is 210 Å². The summed E-state index contributed by atoms with van der Waals surface area (Å²) in [5.41, 5.74) is 4.28. The number of aliphatic hydroxyl groups is 2. The molecule has 1 aliphatic carbocycles. The summed E-state index contributed by atoms with van der Waals surface area (Å²) in [5, 5.41) is 22.1. The molecule has 192 valence electrons. The summed E-state index contributed by atoms with van der Waals surface area (Å²) in [5.74, 6) is 1.68. The van der Waals surface area contributed by atoms with Crippen LogP contribution >= 0.6 is 0 Å². The van der Waals surface area contributed by atoms with Crippen LogP contribution in [0.25, 0.3) is 11.4 Å². The van der Waals surface area contributed by atoms with Gasteiger partial charge in [-0.05, 0) is 79.0 Å². The zero-order valence-corrected chi connectivity index (χ0v) is 21.9. The van der Waals surface area contributed by atoms with E-state index in [-0.39, 0.29) is 30.0 Å². The van der Waals surface area contributed by atoms with Gasteiger partial charge in [0.05, 0.1) is 0 Å². The molecule has 4 rings (SSSR count). The Morgan fingerprint density at radius 1 is 1.00 bits per heavy atom. The molecular formula is C28H43N5O2. The Bertz CT molecular complexity index is 985. The van der Waals surface area contributed by atoms with Crippen molar-refractivity contribution in [2.45, 2.75) is 83.1 Å². The van der Waals surface area contributed by atoms with Gasteiger partial charge in [0.25, 0.3) is 0 Å². The third-order valence-corrected chi connectivity index (χ3v) is 8.23. The highest BCUT2D eigenvalue weighted by atomic mass is 16.3. The smallest absolute Gasteiger partial charge is 0.228 e. The molecule has 1 aromatic heterocycles. The third kappa shape index (κ3) is 6.01.